The van der Waals surface area contributed by atoms with Crippen LogP contribution in [0.1, 0.15) is 102 Å². The summed E-state index contributed by atoms with van der Waals surface area (Å²) in [4.78, 5) is 29.6. The molecule has 4 fully saturated rings. The fraction of sp³-hybridized carbons (Fsp3) is 0.708. The van der Waals surface area contributed by atoms with Crippen LogP contribution in [-0.2, 0) is 52.2 Å². The maximum atomic E-state index is 12.4. The van der Waals surface area contributed by atoms with Crippen molar-refractivity contribution >= 4 is 11.9 Å². The van der Waals surface area contributed by atoms with Gasteiger partial charge in [-0.05, 0) is 143 Å². The Kier molecular flexibility index (Phi) is 10.5. The summed E-state index contributed by atoms with van der Waals surface area (Å²) in [6.07, 6.45) is 6.57. The average Bonchev–Trinajstić information content (AvgIpc) is 3.75. The largest absolute Gasteiger partial charge is 0.504 e. The molecule has 4 bridgehead atoms. The first kappa shape index (κ1) is 43.6. The van der Waals surface area contributed by atoms with E-state index in [1.165, 1.54) is 11.1 Å². The third-order valence-electron chi connectivity index (χ3n) is 16.0. The molecular weight excluding hydrogens is 793 g/mol. The summed E-state index contributed by atoms with van der Waals surface area (Å²) >= 11 is 0. The van der Waals surface area contributed by atoms with Crippen molar-refractivity contribution in [3.63, 3.8) is 0 Å². The average molecular weight is 861 g/mol. The van der Waals surface area contributed by atoms with Crippen LogP contribution in [-0.4, -0.2) is 145 Å². The van der Waals surface area contributed by atoms with Crippen LogP contribution in [0, 0.1) is 0 Å². The van der Waals surface area contributed by atoms with Gasteiger partial charge >= 0.3 is 11.9 Å². The minimum absolute atomic E-state index is 0.0300. The minimum Gasteiger partial charge on any atom is -0.504 e. The van der Waals surface area contributed by atoms with Gasteiger partial charge in [0.1, 0.15) is 23.4 Å². The van der Waals surface area contributed by atoms with Gasteiger partial charge in [0.2, 0.25) is 0 Å². The van der Waals surface area contributed by atoms with E-state index in [1.54, 1.807) is 12.1 Å². The first-order valence-corrected chi connectivity index (χ1v) is 22.7. The molecular formula is C48H68N4O10. The van der Waals surface area contributed by atoms with Gasteiger partial charge in [0.15, 0.2) is 23.0 Å². The summed E-state index contributed by atoms with van der Waals surface area (Å²) in [6.45, 7) is 13.4. The second-order valence-electron chi connectivity index (χ2n) is 21.2. The number of likely N-dealkylation sites (tertiary alicyclic amines) is 2. The first-order chi connectivity index (χ1) is 29.3. The van der Waals surface area contributed by atoms with Crippen LogP contribution in [0.2, 0.25) is 0 Å². The van der Waals surface area contributed by atoms with E-state index >= 15 is 0 Å². The number of phenols is 2. The van der Waals surface area contributed by atoms with E-state index in [0.717, 1.165) is 75.6 Å². The van der Waals surface area contributed by atoms with Gasteiger partial charge in [0, 0.05) is 49.5 Å². The van der Waals surface area contributed by atoms with Crippen LogP contribution in [0.4, 0.5) is 0 Å². The summed E-state index contributed by atoms with van der Waals surface area (Å²) in [5.74, 6) is 1.07. The van der Waals surface area contributed by atoms with Gasteiger partial charge in [0.25, 0.3) is 0 Å². The van der Waals surface area contributed by atoms with Gasteiger partial charge in [-0.2, -0.15) is 0 Å². The van der Waals surface area contributed by atoms with Crippen LogP contribution in [0.25, 0.3) is 0 Å². The standard InChI is InChI=1S/2C24H34N2O5/c2*1-22(2,3)31-18(28)13-25-15-8-9-24(29-5)17-12-14-6-7-16(27)20-19(14)23(24,21(15)30-20)10-11-26(17)4/h2*6-7,15,17,21,25,27H,8-13H2,1-5H3/t2*15-,17?,21-,23-,24+/m00/s1. The van der Waals surface area contributed by atoms with Gasteiger partial charge in [-0.25, -0.2) is 0 Å². The second kappa shape index (κ2) is 14.9. The highest BCUT2D eigenvalue weighted by Gasteiger charge is 2.75. The molecule has 10 atom stereocenters. The van der Waals surface area contributed by atoms with Gasteiger partial charge in [-0.1, -0.05) is 12.1 Å². The molecule has 0 amide bonds. The van der Waals surface area contributed by atoms with Gasteiger partial charge in [0.05, 0.1) is 35.1 Å². The lowest BCUT2D eigenvalue weighted by Gasteiger charge is -2.65. The molecule has 2 spiro atoms. The van der Waals surface area contributed by atoms with Crippen LogP contribution >= 0.6 is 0 Å². The fourth-order valence-electron chi connectivity index (χ4n) is 13.9. The summed E-state index contributed by atoms with van der Waals surface area (Å²) in [5.41, 5.74) is 2.29. The van der Waals surface area contributed by atoms with E-state index in [9.17, 15) is 19.8 Å². The van der Waals surface area contributed by atoms with E-state index in [4.69, 9.17) is 28.4 Å². The highest BCUT2D eigenvalue weighted by molar-refractivity contribution is 5.73. The van der Waals surface area contributed by atoms with Gasteiger partial charge in [-0.3, -0.25) is 9.59 Å². The number of hydrogen-bond donors (Lipinski definition) is 4. The molecule has 4 heterocycles. The maximum absolute atomic E-state index is 12.4. The number of rotatable bonds is 8. The summed E-state index contributed by atoms with van der Waals surface area (Å²) in [6, 6.07) is 8.05. The van der Waals surface area contributed by atoms with E-state index in [-0.39, 0.29) is 94.9 Å². The number of esters is 2. The predicted octanol–water partition coefficient (Wildman–Crippen LogP) is 4.26. The third kappa shape index (κ3) is 6.24. The molecule has 4 aliphatic carbocycles. The van der Waals surface area contributed by atoms with Gasteiger partial charge < -0.3 is 59.1 Å². The molecule has 14 heteroatoms. The van der Waals surface area contributed by atoms with Crippen LogP contribution < -0.4 is 20.1 Å². The number of benzene rings is 2. The Balaban J connectivity index is 0.000000158. The van der Waals surface area contributed by atoms with Crippen molar-refractivity contribution in [3.8, 4) is 23.0 Å². The lowest BCUT2D eigenvalue weighted by Crippen LogP contribution is -2.78. The lowest BCUT2D eigenvalue weighted by molar-refractivity contribution is -0.203. The molecule has 62 heavy (non-hydrogen) atoms. The molecule has 0 radical (unpaired) electrons. The molecule has 2 aromatic carbocycles. The van der Waals surface area contributed by atoms with E-state index in [2.05, 4.69) is 34.5 Å². The highest BCUT2D eigenvalue weighted by atomic mass is 16.6. The third-order valence-corrected chi connectivity index (χ3v) is 16.0. The van der Waals surface area contributed by atoms with Crippen LogP contribution in [0.3, 0.4) is 0 Å². The Morgan fingerprint density at radius 2 is 1.06 bits per heavy atom. The van der Waals surface area contributed by atoms with Crippen molar-refractivity contribution in [2.75, 3.05) is 54.5 Å². The maximum Gasteiger partial charge on any atom is 0.320 e. The quantitative estimate of drug-likeness (QED) is 0.279. The lowest BCUT2D eigenvalue weighted by atomic mass is 9.48. The molecule has 4 aliphatic heterocycles. The Bertz CT molecular complexity index is 1970. The van der Waals surface area contributed by atoms with Gasteiger partial charge in [-0.15, -0.1) is 0 Å². The Morgan fingerprint density at radius 1 is 0.677 bits per heavy atom. The van der Waals surface area contributed by atoms with Crippen molar-refractivity contribution in [3.05, 3.63) is 46.5 Å². The number of phenolic OH excluding ortho intramolecular Hbond substituents is 2. The molecule has 14 nitrogen and oxygen atoms in total. The molecule has 340 valence electrons. The smallest absolute Gasteiger partial charge is 0.320 e. The number of nitrogens with one attached hydrogen (secondary N) is 2. The van der Waals surface area contributed by atoms with E-state index < -0.39 is 11.2 Å². The predicted molar refractivity (Wildman–Crippen MR) is 231 cm³/mol. The SMILES string of the molecule is CO[C@@]12CC[C@H](NCC(=O)OC(C)(C)C)[C@@H]3Oc4c(O)ccc5c4[C@@]31CCN(C)C2C5.CO[C@@]12CC[C@H](NCC(=O)OC(C)(C)C)[C@@H]3Oc4c(O)ccc5c4[C@@]31CCN(C)C2C5. The number of aromatic hydroxyl groups is 2. The summed E-state index contributed by atoms with van der Waals surface area (Å²) in [7, 11) is 8.01. The van der Waals surface area contributed by atoms with E-state index in [0.29, 0.717) is 11.5 Å². The number of ether oxygens (including phenoxy) is 6. The molecule has 2 saturated heterocycles. The molecule has 0 aromatic heterocycles. The molecule has 10 rings (SSSR count). The second-order valence-corrected chi connectivity index (χ2v) is 21.2. The topological polar surface area (TPSA) is 161 Å². The normalized spacial score (nSPS) is 36.0. The molecule has 2 saturated carbocycles. The molecule has 2 unspecified atom stereocenters. The number of carbonyl (C=O) groups excluding carboxylic acids is 2. The Morgan fingerprint density at radius 3 is 1.42 bits per heavy atom. The number of methoxy groups -OCH3 is 2. The van der Waals surface area contributed by atoms with E-state index in [1.807, 2.05) is 67.9 Å². The number of likely N-dealkylation sites (N-methyl/N-ethyl adjacent to an activating group) is 2. The molecule has 2 aromatic rings. The van der Waals surface area contributed by atoms with Crippen molar-refractivity contribution < 1.29 is 48.2 Å². The number of nitrogens with zero attached hydrogens (tertiary/aromatic N) is 2. The van der Waals surface area contributed by atoms with Crippen LogP contribution in [0.15, 0.2) is 24.3 Å². The monoisotopic (exact) mass is 860 g/mol. The molecule has 8 aliphatic rings. The zero-order valence-corrected chi connectivity index (χ0v) is 38.3. The minimum atomic E-state index is -0.513. The zero-order chi connectivity index (χ0) is 44.4. The zero-order valence-electron chi connectivity index (χ0n) is 38.3. The number of carbonyl (C=O) groups is 2. The highest BCUT2D eigenvalue weighted by Crippen LogP contribution is 2.68. The van der Waals surface area contributed by atoms with Crippen molar-refractivity contribution in [2.24, 2.45) is 0 Å². The fourth-order valence-corrected chi connectivity index (χ4v) is 13.9. The Labute approximate surface area is 366 Å². The van der Waals surface area contributed by atoms with Crippen molar-refractivity contribution in [1.29, 1.82) is 0 Å². The number of hydrogen-bond acceptors (Lipinski definition) is 14. The van der Waals surface area contributed by atoms with Crippen molar-refractivity contribution in [2.45, 2.75) is 163 Å². The summed E-state index contributed by atoms with van der Waals surface area (Å²) < 4.78 is 37.0. The Hall–Kier alpha value is -3.66. The first-order valence-electron chi connectivity index (χ1n) is 22.7. The number of piperidine rings is 2. The molecule has 4 N–H and O–H groups in total. The van der Waals surface area contributed by atoms with Crippen molar-refractivity contribution in [1.82, 2.24) is 20.4 Å². The summed E-state index contributed by atoms with van der Waals surface area (Å²) in [5, 5.41) is 28.2. The van der Waals surface area contributed by atoms with Crippen LogP contribution in [0.5, 0.6) is 23.0 Å².